The molecule has 0 N–H and O–H groups in total. The summed E-state index contributed by atoms with van der Waals surface area (Å²) in [5.41, 5.74) is 0.415. The van der Waals surface area contributed by atoms with Crippen molar-refractivity contribution in [2.75, 3.05) is 6.61 Å². The number of benzene rings is 1. The zero-order chi connectivity index (χ0) is 11.4. The molecule has 1 aromatic rings. The fourth-order valence-corrected chi connectivity index (χ4v) is 1.41. The van der Waals surface area contributed by atoms with Gasteiger partial charge in [-0.1, -0.05) is 17.7 Å². The lowest BCUT2D eigenvalue weighted by molar-refractivity contribution is 0.130. The Balaban J connectivity index is 2.90. The summed E-state index contributed by atoms with van der Waals surface area (Å²) >= 11 is 5.86. The van der Waals surface area contributed by atoms with Crippen LogP contribution in [0.15, 0.2) is 18.2 Å². The van der Waals surface area contributed by atoms with E-state index in [9.17, 15) is 8.78 Å². The van der Waals surface area contributed by atoms with Crippen LogP contribution in [0.3, 0.4) is 0 Å². The fraction of sp³-hybridized carbons (Fsp3) is 0.364. The maximum atomic E-state index is 12.4. The molecule has 0 aliphatic carbocycles. The van der Waals surface area contributed by atoms with Gasteiger partial charge < -0.3 is 4.74 Å². The van der Waals surface area contributed by atoms with Gasteiger partial charge in [0.1, 0.15) is 5.75 Å². The van der Waals surface area contributed by atoms with E-state index in [0.717, 1.165) is 0 Å². The Morgan fingerprint density at radius 1 is 1.47 bits per heavy atom. The largest absolute Gasteiger partial charge is 0.492 e. The van der Waals surface area contributed by atoms with Crippen LogP contribution in [0.5, 0.6) is 5.75 Å². The lowest BCUT2D eigenvalue weighted by atomic mass is 10.0. The Morgan fingerprint density at radius 3 is 2.60 bits per heavy atom. The van der Waals surface area contributed by atoms with Gasteiger partial charge in [0.15, 0.2) is 0 Å². The van der Waals surface area contributed by atoms with Crippen molar-refractivity contribution >= 4 is 11.6 Å². The predicted molar refractivity (Wildman–Crippen MR) is 56.7 cm³/mol. The Kier molecular flexibility index (Phi) is 4.33. The Morgan fingerprint density at radius 2 is 2.13 bits per heavy atom. The third kappa shape index (κ3) is 3.06. The van der Waals surface area contributed by atoms with Crippen LogP contribution in [0.1, 0.15) is 18.4 Å². The van der Waals surface area contributed by atoms with Crippen molar-refractivity contribution in [3.05, 3.63) is 35.7 Å². The highest BCUT2D eigenvalue weighted by molar-refractivity contribution is 6.32. The summed E-state index contributed by atoms with van der Waals surface area (Å²) in [6.07, 6.45) is -2.49. The standard InChI is InChI=1S/C11H12ClF2O/c1-3-15-10-5-4-8(6-9(10)12)7(2)11(13)14/h4-7,11H,2-3H2,1H3. The lowest BCUT2D eigenvalue weighted by Gasteiger charge is -2.12. The van der Waals surface area contributed by atoms with Crippen LogP contribution in [0.25, 0.3) is 0 Å². The SMILES string of the molecule is [CH2]C(c1ccc(OCC)c(Cl)c1)C(F)F. The fourth-order valence-electron chi connectivity index (χ4n) is 1.17. The number of rotatable bonds is 4. The normalized spacial score (nSPS) is 12.9. The molecule has 0 fully saturated rings. The quantitative estimate of drug-likeness (QED) is 0.766. The van der Waals surface area contributed by atoms with Crippen molar-refractivity contribution in [1.82, 2.24) is 0 Å². The number of ether oxygens (including phenoxy) is 1. The lowest BCUT2D eigenvalue weighted by Crippen LogP contribution is -2.05. The molecule has 0 saturated carbocycles. The Hall–Kier alpha value is -0.830. The molecule has 0 saturated heterocycles. The van der Waals surface area contributed by atoms with Gasteiger partial charge in [0.25, 0.3) is 0 Å². The summed E-state index contributed by atoms with van der Waals surface area (Å²) in [5.74, 6) is -0.553. The van der Waals surface area contributed by atoms with Gasteiger partial charge >= 0.3 is 0 Å². The first-order valence-corrected chi connectivity index (χ1v) is 4.97. The second kappa shape index (κ2) is 5.31. The van der Waals surface area contributed by atoms with E-state index < -0.39 is 12.3 Å². The van der Waals surface area contributed by atoms with E-state index in [2.05, 4.69) is 6.92 Å². The Bertz CT molecular complexity index is 328. The molecule has 1 aromatic carbocycles. The molecule has 0 aliphatic heterocycles. The van der Waals surface area contributed by atoms with E-state index in [0.29, 0.717) is 22.9 Å². The topological polar surface area (TPSA) is 9.23 Å². The molecule has 0 amide bonds. The van der Waals surface area contributed by atoms with Gasteiger partial charge in [0, 0.05) is 5.92 Å². The molecule has 15 heavy (non-hydrogen) atoms. The summed E-state index contributed by atoms with van der Waals surface area (Å²) in [5, 5.41) is 0.337. The minimum atomic E-state index is -2.49. The summed E-state index contributed by atoms with van der Waals surface area (Å²) in [4.78, 5) is 0. The van der Waals surface area contributed by atoms with Crippen LogP contribution in [0.4, 0.5) is 8.78 Å². The number of hydrogen-bond donors (Lipinski definition) is 0. The van der Waals surface area contributed by atoms with Crippen LogP contribution in [0.2, 0.25) is 5.02 Å². The van der Waals surface area contributed by atoms with Gasteiger partial charge in [-0.05, 0) is 31.5 Å². The first kappa shape index (κ1) is 12.2. The van der Waals surface area contributed by atoms with Crippen molar-refractivity contribution in [2.24, 2.45) is 0 Å². The highest BCUT2D eigenvalue weighted by atomic mass is 35.5. The molecule has 0 aromatic heterocycles. The molecular weight excluding hydrogens is 222 g/mol. The molecule has 0 heterocycles. The first-order chi connectivity index (χ1) is 7.06. The zero-order valence-corrected chi connectivity index (χ0v) is 9.10. The maximum Gasteiger partial charge on any atom is 0.245 e. The molecule has 4 heteroatoms. The van der Waals surface area contributed by atoms with E-state index in [-0.39, 0.29) is 0 Å². The number of halogens is 3. The minimum Gasteiger partial charge on any atom is -0.492 e. The van der Waals surface area contributed by atoms with E-state index in [1.54, 1.807) is 12.1 Å². The second-order valence-electron chi connectivity index (χ2n) is 3.06. The van der Waals surface area contributed by atoms with E-state index in [1.807, 2.05) is 6.92 Å². The monoisotopic (exact) mass is 233 g/mol. The predicted octanol–water partition coefficient (Wildman–Crippen LogP) is 3.92. The summed E-state index contributed by atoms with van der Waals surface area (Å²) in [7, 11) is 0. The molecule has 0 bridgehead atoms. The molecule has 0 spiro atoms. The van der Waals surface area contributed by atoms with Crippen molar-refractivity contribution in [2.45, 2.75) is 19.3 Å². The van der Waals surface area contributed by atoms with Gasteiger partial charge in [-0.3, -0.25) is 0 Å². The van der Waals surface area contributed by atoms with Gasteiger partial charge in [0.2, 0.25) is 6.43 Å². The third-order valence-corrected chi connectivity index (χ3v) is 2.28. The van der Waals surface area contributed by atoms with Gasteiger partial charge in [0.05, 0.1) is 11.6 Å². The first-order valence-electron chi connectivity index (χ1n) is 4.59. The zero-order valence-electron chi connectivity index (χ0n) is 8.34. The third-order valence-electron chi connectivity index (χ3n) is 1.99. The Labute approximate surface area is 93.0 Å². The highest BCUT2D eigenvalue weighted by Crippen LogP contribution is 2.30. The molecular formula is C11H12ClF2O. The summed E-state index contributed by atoms with van der Waals surface area (Å²) < 4.78 is 29.9. The maximum absolute atomic E-state index is 12.4. The van der Waals surface area contributed by atoms with Crippen LogP contribution in [-0.4, -0.2) is 13.0 Å². The summed E-state index contributed by atoms with van der Waals surface area (Å²) in [6.45, 7) is 5.69. The van der Waals surface area contributed by atoms with Crippen molar-refractivity contribution in [3.8, 4) is 5.75 Å². The highest BCUT2D eigenvalue weighted by Gasteiger charge is 2.17. The second-order valence-corrected chi connectivity index (χ2v) is 3.47. The molecule has 83 valence electrons. The molecule has 1 unspecified atom stereocenters. The van der Waals surface area contributed by atoms with Crippen molar-refractivity contribution < 1.29 is 13.5 Å². The van der Waals surface area contributed by atoms with Gasteiger partial charge in [-0.25, -0.2) is 8.78 Å². The average molecular weight is 234 g/mol. The minimum absolute atomic E-state index is 0.337. The van der Waals surface area contributed by atoms with E-state index in [1.165, 1.54) is 6.07 Å². The van der Waals surface area contributed by atoms with Gasteiger partial charge in [-0.2, -0.15) is 0 Å². The molecule has 1 atom stereocenters. The van der Waals surface area contributed by atoms with Crippen LogP contribution in [-0.2, 0) is 0 Å². The molecule has 1 nitrogen and oxygen atoms in total. The molecule has 0 aliphatic rings. The smallest absolute Gasteiger partial charge is 0.245 e. The summed E-state index contributed by atoms with van der Waals surface area (Å²) in [6, 6.07) is 4.61. The van der Waals surface area contributed by atoms with Gasteiger partial charge in [-0.15, -0.1) is 0 Å². The van der Waals surface area contributed by atoms with E-state index >= 15 is 0 Å². The van der Waals surface area contributed by atoms with Crippen molar-refractivity contribution in [1.29, 1.82) is 0 Å². The number of hydrogen-bond acceptors (Lipinski definition) is 1. The van der Waals surface area contributed by atoms with Crippen LogP contribution < -0.4 is 4.74 Å². The van der Waals surface area contributed by atoms with Crippen molar-refractivity contribution in [3.63, 3.8) is 0 Å². The molecule has 1 rings (SSSR count). The van der Waals surface area contributed by atoms with Crippen LogP contribution >= 0.6 is 11.6 Å². The average Bonchev–Trinajstić information content (AvgIpc) is 2.20. The number of alkyl halides is 2. The molecule has 1 radical (unpaired) electrons. The van der Waals surface area contributed by atoms with Crippen LogP contribution in [0, 0.1) is 6.92 Å². The van der Waals surface area contributed by atoms with E-state index in [4.69, 9.17) is 16.3 Å².